The Morgan fingerprint density at radius 1 is 1.14 bits per heavy atom. The van der Waals surface area contributed by atoms with Crippen molar-refractivity contribution in [3.8, 4) is 0 Å². The summed E-state index contributed by atoms with van der Waals surface area (Å²) in [5.41, 5.74) is 1.80. The van der Waals surface area contributed by atoms with Crippen molar-refractivity contribution in [3.63, 3.8) is 0 Å². The van der Waals surface area contributed by atoms with Crippen LogP contribution in [-0.2, 0) is 9.53 Å². The minimum Gasteiger partial charge on any atom is -0.449 e. The van der Waals surface area contributed by atoms with Crippen molar-refractivity contribution >= 4 is 29.2 Å². The van der Waals surface area contributed by atoms with Crippen LogP contribution in [0.2, 0.25) is 5.02 Å². The van der Waals surface area contributed by atoms with Crippen LogP contribution in [0.4, 0.5) is 5.69 Å². The quantitative estimate of drug-likeness (QED) is 0.872. The molecule has 114 valence electrons. The number of carbonyl (C=O) groups is 2. The van der Waals surface area contributed by atoms with Crippen LogP contribution >= 0.6 is 11.6 Å². The number of ether oxygens (including phenoxy) is 1. The highest BCUT2D eigenvalue weighted by Crippen LogP contribution is 2.16. The number of nitrogens with one attached hydrogen (secondary N) is 1. The third-order valence-electron chi connectivity index (χ3n) is 3.11. The monoisotopic (exact) mass is 317 g/mol. The molecule has 0 fully saturated rings. The van der Waals surface area contributed by atoms with Crippen molar-refractivity contribution < 1.29 is 14.3 Å². The van der Waals surface area contributed by atoms with E-state index in [0.29, 0.717) is 16.3 Å². The average Bonchev–Trinajstić information content (AvgIpc) is 2.47. The van der Waals surface area contributed by atoms with Crippen LogP contribution in [0.25, 0.3) is 0 Å². The number of benzene rings is 2. The minimum atomic E-state index is -0.911. The summed E-state index contributed by atoms with van der Waals surface area (Å²) in [6, 6.07) is 13.8. The number of anilines is 1. The molecule has 0 aliphatic rings. The zero-order valence-corrected chi connectivity index (χ0v) is 13.1. The molecule has 0 aliphatic carbocycles. The molecule has 0 saturated heterocycles. The van der Waals surface area contributed by atoms with E-state index in [2.05, 4.69) is 5.32 Å². The number of aryl methyl sites for hydroxylation is 1. The molecular formula is C17H16ClNO3. The molecule has 1 atom stereocenters. The number of halogens is 1. The first-order chi connectivity index (χ1) is 10.5. The number of esters is 1. The first kappa shape index (κ1) is 16.0. The van der Waals surface area contributed by atoms with Gasteiger partial charge in [-0.25, -0.2) is 4.79 Å². The number of hydrogen-bond donors (Lipinski definition) is 1. The highest BCUT2D eigenvalue weighted by molar-refractivity contribution is 6.30. The summed E-state index contributed by atoms with van der Waals surface area (Å²) in [5, 5.41) is 3.17. The molecule has 0 radical (unpaired) electrons. The van der Waals surface area contributed by atoms with E-state index in [0.717, 1.165) is 5.56 Å². The molecule has 0 heterocycles. The van der Waals surface area contributed by atoms with E-state index >= 15 is 0 Å². The van der Waals surface area contributed by atoms with Crippen molar-refractivity contribution in [1.82, 2.24) is 0 Å². The number of rotatable bonds is 4. The maximum Gasteiger partial charge on any atom is 0.339 e. The molecular weight excluding hydrogens is 302 g/mol. The Hall–Kier alpha value is -2.33. The number of amides is 1. The average molecular weight is 318 g/mol. The molecule has 0 spiro atoms. The molecule has 0 unspecified atom stereocenters. The summed E-state index contributed by atoms with van der Waals surface area (Å²) in [6.45, 7) is 3.34. The van der Waals surface area contributed by atoms with E-state index in [-0.39, 0.29) is 0 Å². The van der Waals surface area contributed by atoms with Gasteiger partial charge in [0.25, 0.3) is 5.91 Å². The molecule has 1 amide bonds. The molecule has 1 N–H and O–H groups in total. The normalized spacial score (nSPS) is 11.6. The van der Waals surface area contributed by atoms with Gasteiger partial charge in [0.15, 0.2) is 6.10 Å². The second-order valence-electron chi connectivity index (χ2n) is 4.86. The van der Waals surface area contributed by atoms with Crippen molar-refractivity contribution in [3.05, 3.63) is 64.7 Å². The molecule has 0 aliphatic heterocycles. The Morgan fingerprint density at radius 3 is 2.55 bits per heavy atom. The fraction of sp³-hybridized carbons (Fsp3) is 0.176. The Kier molecular flexibility index (Phi) is 5.17. The van der Waals surface area contributed by atoms with Gasteiger partial charge in [-0.05, 0) is 43.7 Å². The van der Waals surface area contributed by atoms with Crippen molar-refractivity contribution in [2.24, 2.45) is 0 Å². The Morgan fingerprint density at radius 2 is 1.86 bits per heavy atom. The summed E-state index contributed by atoms with van der Waals surface area (Å²) >= 11 is 5.85. The van der Waals surface area contributed by atoms with Gasteiger partial charge < -0.3 is 10.1 Å². The molecule has 0 saturated carbocycles. The third-order valence-corrected chi connectivity index (χ3v) is 3.35. The number of carbonyl (C=O) groups excluding carboxylic acids is 2. The van der Waals surface area contributed by atoms with Crippen LogP contribution in [-0.4, -0.2) is 18.0 Å². The topological polar surface area (TPSA) is 55.4 Å². The van der Waals surface area contributed by atoms with Crippen LogP contribution in [0.15, 0.2) is 48.5 Å². The fourth-order valence-electron chi connectivity index (χ4n) is 1.89. The van der Waals surface area contributed by atoms with E-state index in [1.807, 2.05) is 19.1 Å². The second-order valence-corrected chi connectivity index (χ2v) is 5.30. The smallest absolute Gasteiger partial charge is 0.339 e. The van der Waals surface area contributed by atoms with Crippen molar-refractivity contribution in [2.75, 3.05) is 5.32 Å². The maximum atomic E-state index is 12.1. The van der Waals surface area contributed by atoms with Gasteiger partial charge in [0.2, 0.25) is 0 Å². The lowest BCUT2D eigenvalue weighted by Crippen LogP contribution is -2.30. The van der Waals surface area contributed by atoms with Crippen LogP contribution in [0.1, 0.15) is 22.8 Å². The van der Waals surface area contributed by atoms with E-state index in [1.165, 1.54) is 6.92 Å². The summed E-state index contributed by atoms with van der Waals surface area (Å²) in [5.74, 6) is -0.934. The molecule has 4 nitrogen and oxygen atoms in total. The predicted molar refractivity (Wildman–Crippen MR) is 86.1 cm³/mol. The van der Waals surface area contributed by atoms with Gasteiger partial charge in [0.1, 0.15) is 0 Å². The van der Waals surface area contributed by atoms with Gasteiger partial charge in [-0.15, -0.1) is 0 Å². The summed E-state index contributed by atoms with van der Waals surface area (Å²) in [4.78, 5) is 24.1. The Balaban J connectivity index is 1.99. The Bertz CT molecular complexity index is 700. The lowest BCUT2D eigenvalue weighted by atomic mass is 10.1. The summed E-state index contributed by atoms with van der Waals surface area (Å²) in [6.07, 6.45) is -0.911. The van der Waals surface area contributed by atoms with Crippen molar-refractivity contribution in [1.29, 1.82) is 0 Å². The van der Waals surface area contributed by atoms with E-state index in [4.69, 9.17) is 16.3 Å². The maximum absolute atomic E-state index is 12.1. The molecule has 2 rings (SSSR count). The van der Waals surface area contributed by atoms with Crippen molar-refractivity contribution in [2.45, 2.75) is 20.0 Å². The second kappa shape index (κ2) is 7.09. The third kappa shape index (κ3) is 4.09. The van der Waals surface area contributed by atoms with Crippen LogP contribution in [0, 0.1) is 6.92 Å². The van der Waals surface area contributed by atoms with Gasteiger partial charge in [-0.2, -0.15) is 0 Å². The van der Waals surface area contributed by atoms with Crippen LogP contribution in [0.3, 0.4) is 0 Å². The Labute approximate surface area is 134 Å². The van der Waals surface area contributed by atoms with Gasteiger partial charge in [0, 0.05) is 10.7 Å². The van der Waals surface area contributed by atoms with Crippen LogP contribution in [0.5, 0.6) is 0 Å². The first-order valence-electron chi connectivity index (χ1n) is 6.80. The molecule has 2 aromatic carbocycles. The van der Waals surface area contributed by atoms with E-state index in [9.17, 15) is 9.59 Å². The first-order valence-corrected chi connectivity index (χ1v) is 7.18. The molecule has 2 aromatic rings. The molecule has 5 heteroatoms. The summed E-state index contributed by atoms with van der Waals surface area (Å²) in [7, 11) is 0. The van der Waals surface area contributed by atoms with Crippen LogP contribution < -0.4 is 5.32 Å². The lowest BCUT2D eigenvalue weighted by Gasteiger charge is -2.14. The molecule has 0 bridgehead atoms. The highest BCUT2D eigenvalue weighted by atomic mass is 35.5. The zero-order chi connectivity index (χ0) is 16.1. The lowest BCUT2D eigenvalue weighted by molar-refractivity contribution is -0.123. The molecule has 22 heavy (non-hydrogen) atoms. The van der Waals surface area contributed by atoms with E-state index in [1.54, 1.807) is 36.4 Å². The van der Waals surface area contributed by atoms with Gasteiger partial charge >= 0.3 is 5.97 Å². The number of hydrogen-bond acceptors (Lipinski definition) is 3. The zero-order valence-electron chi connectivity index (χ0n) is 12.3. The van der Waals surface area contributed by atoms with E-state index < -0.39 is 18.0 Å². The standard InChI is InChI=1S/C17H16ClNO3/c1-11-6-3-4-9-15(11)17(21)22-12(2)16(20)19-14-8-5-7-13(18)10-14/h3-10,12H,1-2H3,(H,19,20)/t12-/m0/s1. The van der Waals surface area contributed by atoms with Gasteiger partial charge in [0.05, 0.1) is 5.56 Å². The SMILES string of the molecule is Cc1ccccc1C(=O)O[C@@H](C)C(=O)Nc1cccc(Cl)c1. The van der Waals surface area contributed by atoms with Gasteiger partial charge in [-0.1, -0.05) is 35.9 Å². The largest absolute Gasteiger partial charge is 0.449 e. The minimum absolute atomic E-state index is 0.413. The van der Waals surface area contributed by atoms with Gasteiger partial charge in [-0.3, -0.25) is 4.79 Å². The summed E-state index contributed by atoms with van der Waals surface area (Å²) < 4.78 is 5.20. The highest BCUT2D eigenvalue weighted by Gasteiger charge is 2.19. The predicted octanol–water partition coefficient (Wildman–Crippen LogP) is 3.83. The molecule has 0 aromatic heterocycles. The fourth-order valence-corrected chi connectivity index (χ4v) is 2.08.